The van der Waals surface area contributed by atoms with Crippen molar-refractivity contribution in [2.45, 2.75) is 13.0 Å². The highest BCUT2D eigenvalue weighted by Gasteiger charge is 2.21. The Hall–Kier alpha value is -1.61. The molecule has 84 valence electrons. The lowest BCUT2D eigenvalue weighted by atomic mass is 10.3. The van der Waals surface area contributed by atoms with Gasteiger partial charge in [0.25, 0.3) is 6.47 Å². The van der Waals surface area contributed by atoms with Gasteiger partial charge in [0.15, 0.2) is 0 Å². The van der Waals surface area contributed by atoms with Crippen molar-refractivity contribution < 1.29 is 19.1 Å². The van der Waals surface area contributed by atoms with E-state index in [1.54, 1.807) is 11.8 Å². The molecule has 0 N–H and O–H groups in total. The molecule has 6 nitrogen and oxygen atoms in total. The third kappa shape index (κ3) is 4.98. The zero-order valence-corrected chi connectivity index (χ0v) is 8.80. The van der Waals surface area contributed by atoms with Crippen LogP contribution in [0.4, 0.5) is 0 Å². The van der Waals surface area contributed by atoms with Crippen LogP contribution < -0.4 is 0 Å². The van der Waals surface area contributed by atoms with Gasteiger partial charge in [-0.25, -0.2) is 0 Å². The molecule has 0 fully saturated rings. The SMILES string of the molecule is COC(=O)C(C)N(CC#N)CCOC=O. The van der Waals surface area contributed by atoms with Crippen LogP contribution in [0.1, 0.15) is 6.92 Å². The topological polar surface area (TPSA) is 79.6 Å². The lowest BCUT2D eigenvalue weighted by Crippen LogP contribution is -2.41. The summed E-state index contributed by atoms with van der Waals surface area (Å²) in [6.45, 7) is 2.50. The monoisotopic (exact) mass is 214 g/mol. The molecule has 0 heterocycles. The molecule has 0 aromatic heterocycles. The van der Waals surface area contributed by atoms with Gasteiger partial charge >= 0.3 is 5.97 Å². The quantitative estimate of drug-likeness (QED) is 0.247. The van der Waals surface area contributed by atoms with Crippen molar-refractivity contribution in [2.24, 2.45) is 0 Å². The Morgan fingerprint density at radius 3 is 2.80 bits per heavy atom. The number of carbonyl (C=O) groups is 2. The highest BCUT2D eigenvalue weighted by Crippen LogP contribution is 2.00. The maximum atomic E-state index is 11.2. The van der Waals surface area contributed by atoms with Crippen molar-refractivity contribution in [3.8, 4) is 6.07 Å². The minimum Gasteiger partial charge on any atom is -0.468 e. The Morgan fingerprint density at radius 1 is 1.67 bits per heavy atom. The molecule has 0 aliphatic carbocycles. The fraction of sp³-hybridized carbons (Fsp3) is 0.667. The summed E-state index contributed by atoms with van der Waals surface area (Å²) in [5, 5.41) is 8.54. The van der Waals surface area contributed by atoms with Crippen molar-refractivity contribution in [2.75, 3.05) is 26.8 Å². The maximum absolute atomic E-state index is 11.2. The molecular formula is C9H14N2O4. The van der Waals surface area contributed by atoms with Gasteiger partial charge in [-0.3, -0.25) is 14.5 Å². The number of carbonyl (C=O) groups excluding carboxylic acids is 2. The molecule has 6 heteroatoms. The molecule has 0 aromatic carbocycles. The average Bonchev–Trinajstić information content (AvgIpc) is 2.26. The third-order valence-corrected chi connectivity index (χ3v) is 1.93. The Balaban J connectivity index is 4.18. The van der Waals surface area contributed by atoms with E-state index in [1.807, 2.05) is 6.07 Å². The first-order chi connectivity index (χ1) is 7.17. The summed E-state index contributed by atoms with van der Waals surface area (Å²) >= 11 is 0. The average molecular weight is 214 g/mol. The second kappa shape index (κ2) is 7.76. The molecule has 0 saturated carbocycles. The summed E-state index contributed by atoms with van der Waals surface area (Å²) in [4.78, 5) is 22.6. The lowest BCUT2D eigenvalue weighted by Gasteiger charge is -2.23. The van der Waals surface area contributed by atoms with Crippen LogP contribution >= 0.6 is 0 Å². The molecule has 0 saturated heterocycles. The predicted octanol–water partition coefficient (Wildman–Crippen LogP) is -0.454. The highest BCUT2D eigenvalue weighted by molar-refractivity contribution is 5.75. The first kappa shape index (κ1) is 13.4. The molecule has 15 heavy (non-hydrogen) atoms. The number of hydrogen-bond acceptors (Lipinski definition) is 6. The number of ether oxygens (including phenoxy) is 2. The number of nitrogens with zero attached hydrogens (tertiary/aromatic N) is 2. The number of esters is 1. The van der Waals surface area contributed by atoms with Crippen LogP contribution in [0.2, 0.25) is 0 Å². The van der Waals surface area contributed by atoms with Gasteiger partial charge in [-0.1, -0.05) is 0 Å². The van der Waals surface area contributed by atoms with Gasteiger partial charge < -0.3 is 9.47 Å². The minimum absolute atomic E-state index is 0.0818. The smallest absolute Gasteiger partial charge is 0.322 e. The van der Waals surface area contributed by atoms with Gasteiger partial charge in [0.2, 0.25) is 0 Å². The van der Waals surface area contributed by atoms with E-state index >= 15 is 0 Å². The number of methoxy groups -OCH3 is 1. The standard InChI is InChI=1S/C9H14N2O4/c1-8(9(13)14-2)11(4-3-10)5-6-15-7-12/h7-8H,4-6H2,1-2H3. The lowest BCUT2D eigenvalue weighted by molar-refractivity contribution is -0.146. The summed E-state index contributed by atoms with van der Waals surface area (Å²) in [7, 11) is 1.28. The van der Waals surface area contributed by atoms with E-state index in [1.165, 1.54) is 7.11 Å². The predicted molar refractivity (Wildman–Crippen MR) is 50.7 cm³/mol. The molecule has 0 radical (unpaired) electrons. The molecule has 1 unspecified atom stereocenters. The van der Waals surface area contributed by atoms with Gasteiger partial charge in [-0.05, 0) is 6.92 Å². The number of nitriles is 1. The van der Waals surface area contributed by atoms with Gasteiger partial charge in [-0.15, -0.1) is 0 Å². The Morgan fingerprint density at radius 2 is 2.33 bits per heavy atom. The van der Waals surface area contributed by atoms with Crippen LogP contribution in [0.5, 0.6) is 0 Å². The van der Waals surface area contributed by atoms with Gasteiger partial charge in [0.05, 0.1) is 19.7 Å². The van der Waals surface area contributed by atoms with Crippen LogP contribution in [0, 0.1) is 11.3 Å². The van der Waals surface area contributed by atoms with E-state index in [2.05, 4.69) is 9.47 Å². The summed E-state index contributed by atoms with van der Waals surface area (Å²) in [5.41, 5.74) is 0. The molecule has 0 aliphatic heterocycles. The second-order valence-electron chi connectivity index (χ2n) is 2.79. The van der Waals surface area contributed by atoms with Crippen molar-refractivity contribution in [1.82, 2.24) is 4.90 Å². The summed E-state index contributed by atoms with van der Waals surface area (Å²) in [6, 6.07) is 1.41. The molecule has 1 atom stereocenters. The van der Waals surface area contributed by atoms with E-state index in [4.69, 9.17) is 5.26 Å². The van der Waals surface area contributed by atoms with Crippen molar-refractivity contribution >= 4 is 12.4 Å². The number of hydrogen-bond donors (Lipinski definition) is 0. The fourth-order valence-corrected chi connectivity index (χ4v) is 1.04. The third-order valence-electron chi connectivity index (χ3n) is 1.93. The normalized spacial score (nSPS) is 11.6. The van der Waals surface area contributed by atoms with Gasteiger partial charge in [0, 0.05) is 6.54 Å². The Labute approximate surface area is 88.4 Å². The zero-order chi connectivity index (χ0) is 11.7. The van der Waals surface area contributed by atoms with E-state index < -0.39 is 12.0 Å². The van der Waals surface area contributed by atoms with E-state index in [0.717, 1.165) is 0 Å². The maximum Gasteiger partial charge on any atom is 0.322 e. The summed E-state index contributed by atoms with van der Waals surface area (Å²) in [5.74, 6) is -0.420. The molecule has 0 spiro atoms. The van der Waals surface area contributed by atoms with E-state index in [9.17, 15) is 9.59 Å². The van der Waals surface area contributed by atoms with Gasteiger partial charge in [-0.2, -0.15) is 5.26 Å². The van der Waals surface area contributed by atoms with Crippen LogP contribution in [-0.4, -0.2) is 50.2 Å². The van der Waals surface area contributed by atoms with Crippen LogP contribution in [0.25, 0.3) is 0 Å². The van der Waals surface area contributed by atoms with Crippen molar-refractivity contribution in [3.05, 3.63) is 0 Å². The largest absolute Gasteiger partial charge is 0.468 e. The molecule has 0 bridgehead atoms. The minimum atomic E-state index is -0.523. The number of rotatable bonds is 7. The van der Waals surface area contributed by atoms with E-state index in [0.29, 0.717) is 13.0 Å². The van der Waals surface area contributed by atoms with Gasteiger partial charge in [0.1, 0.15) is 12.6 Å². The Bertz CT molecular complexity index is 249. The summed E-state index contributed by atoms with van der Waals surface area (Å²) < 4.78 is 9.04. The first-order valence-electron chi connectivity index (χ1n) is 4.41. The van der Waals surface area contributed by atoms with Crippen molar-refractivity contribution in [3.63, 3.8) is 0 Å². The fourth-order valence-electron chi connectivity index (χ4n) is 1.04. The highest BCUT2D eigenvalue weighted by atomic mass is 16.5. The van der Waals surface area contributed by atoms with Crippen molar-refractivity contribution in [1.29, 1.82) is 5.26 Å². The molecular weight excluding hydrogens is 200 g/mol. The molecule has 0 aromatic rings. The van der Waals surface area contributed by atoms with Crippen LogP contribution in [0.15, 0.2) is 0 Å². The zero-order valence-electron chi connectivity index (χ0n) is 8.80. The van der Waals surface area contributed by atoms with Crippen LogP contribution in [-0.2, 0) is 19.1 Å². The molecule has 0 amide bonds. The second-order valence-corrected chi connectivity index (χ2v) is 2.79. The molecule has 0 rings (SSSR count). The summed E-state index contributed by atoms with van der Waals surface area (Å²) in [6.07, 6.45) is 0. The van der Waals surface area contributed by atoms with E-state index in [-0.39, 0.29) is 13.2 Å². The van der Waals surface area contributed by atoms with Crippen LogP contribution in [0.3, 0.4) is 0 Å². The molecule has 0 aliphatic rings. The first-order valence-corrected chi connectivity index (χ1v) is 4.41. The Kier molecular flexibility index (Phi) is 6.93.